The Morgan fingerprint density at radius 3 is 2.42 bits per heavy atom. The minimum atomic E-state index is -3.27. The van der Waals surface area contributed by atoms with Crippen LogP contribution >= 0.6 is 0 Å². The Balaban J connectivity index is 1.55. The highest BCUT2D eigenvalue weighted by molar-refractivity contribution is 7.88. The number of fused-ring (bicyclic) bond motifs is 1. The van der Waals surface area contributed by atoms with Gasteiger partial charge in [-0.2, -0.15) is 0 Å². The molecule has 0 aliphatic heterocycles. The fraction of sp³-hybridized carbons (Fsp3) is 0.278. The van der Waals surface area contributed by atoms with Crippen LogP contribution in [0.3, 0.4) is 0 Å². The summed E-state index contributed by atoms with van der Waals surface area (Å²) in [5, 5.41) is 2.95. The van der Waals surface area contributed by atoms with E-state index in [1.807, 2.05) is 30.3 Å². The van der Waals surface area contributed by atoms with Crippen LogP contribution in [0, 0.1) is 0 Å². The molecule has 2 N–H and O–H groups in total. The first kappa shape index (κ1) is 16.7. The Kier molecular flexibility index (Phi) is 4.69. The summed E-state index contributed by atoms with van der Waals surface area (Å²) in [5.74, 6) is -0.0635. The summed E-state index contributed by atoms with van der Waals surface area (Å²) < 4.78 is 25.3. The molecule has 0 unspecified atom stereocenters. The highest BCUT2D eigenvalue weighted by Crippen LogP contribution is 2.34. The third kappa shape index (κ3) is 3.66. The van der Waals surface area contributed by atoms with E-state index in [1.165, 1.54) is 12.6 Å². The summed E-state index contributed by atoms with van der Waals surface area (Å²) in [5.41, 5.74) is 4.02. The summed E-state index contributed by atoms with van der Waals surface area (Å²) >= 11 is 0. The Labute approximate surface area is 142 Å². The van der Waals surface area contributed by atoms with E-state index in [9.17, 15) is 13.2 Å². The lowest BCUT2D eigenvalue weighted by Gasteiger charge is -2.28. The second kappa shape index (κ2) is 6.75. The van der Waals surface area contributed by atoms with Crippen molar-refractivity contribution >= 4 is 15.9 Å². The topological polar surface area (TPSA) is 75.3 Å². The maximum atomic E-state index is 12.3. The van der Waals surface area contributed by atoms with E-state index in [-0.39, 0.29) is 17.6 Å². The average Bonchev–Trinajstić information content (AvgIpc) is 2.55. The number of carbonyl (C=O) groups is 1. The number of hydrogen-bond acceptors (Lipinski definition) is 3. The Morgan fingerprint density at radius 1 is 1.08 bits per heavy atom. The Bertz CT molecular complexity index is 845. The third-order valence-electron chi connectivity index (χ3n) is 4.33. The van der Waals surface area contributed by atoms with Gasteiger partial charge in [-0.25, -0.2) is 13.1 Å². The van der Waals surface area contributed by atoms with Crippen LogP contribution in [0.5, 0.6) is 0 Å². The average molecular weight is 344 g/mol. The number of rotatable bonds is 6. The lowest BCUT2D eigenvalue weighted by molar-refractivity contribution is -0.123. The zero-order valence-corrected chi connectivity index (χ0v) is 14.3. The fourth-order valence-corrected chi connectivity index (χ4v) is 3.63. The number of carbonyl (C=O) groups excluding carboxylic acids is 1. The maximum Gasteiger partial charge on any atom is 0.228 e. The van der Waals surface area contributed by atoms with Crippen molar-refractivity contribution in [1.29, 1.82) is 0 Å². The molecule has 126 valence electrons. The Hall–Kier alpha value is -2.18. The van der Waals surface area contributed by atoms with Crippen LogP contribution in [0.2, 0.25) is 0 Å². The molecule has 0 heterocycles. The largest absolute Gasteiger partial charge is 0.351 e. The molecule has 0 bridgehead atoms. The van der Waals surface area contributed by atoms with Crippen LogP contribution in [0.25, 0.3) is 0 Å². The molecule has 1 aliphatic rings. The molecule has 24 heavy (non-hydrogen) atoms. The predicted molar refractivity (Wildman–Crippen MR) is 92.9 cm³/mol. The monoisotopic (exact) mass is 344 g/mol. The lowest BCUT2D eigenvalue weighted by atomic mass is 9.77. The zero-order chi connectivity index (χ0) is 17.2. The second-order valence-corrected chi connectivity index (χ2v) is 7.88. The quantitative estimate of drug-likeness (QED) is 0.837. The van der Waals surface area contributed by atoms with E-state index in [4.69, 9.17) is 0 Å². The summed E-state index contributed by atoms with van der Waals surface area (Å²) in [7, 11) is -1.87. The molecular weight excluding hydrogens is 324 g/mol. The molecule has 1 atom stereocenters. The number of nitrogens with one attached hydrogen (secondary N) is 2. The van der Waals surface area contributed by atoms with Gasteiger partial charge in [-0.3, -0.25) is 4.79 Å². The van der Waals surface area contributed by atoms with Crippen molar-refractivity contribution in [2.45, 2.75) is 24.6 Å². The first-order valence-electron chi connectivity index (χ1n) is 7.83. The van der Waals surface area contributed by atoms with E-state index in [1.54, 1.807) is 12.1 Å². The molecule has 0 spiro atoms. The van der Waals surface area contributed by atoms with Gasteiger partial charge in [0.25, 0.3) is 0 Å². The molecule has 1 aliphatic carbocycles. The van der Waals surface area contributed by atoms with E-state index in [0.29, 0.717) is 12.1 Å². The summed E-state index contributed by atoms with van der Waals surface area (Å²) in [6, 6.07) is 15.2. The van der Waals surface area contributed by atoms with Crippen molar-refractivity contribution in [2.24, 2.45) is 0 Å². The molecule has 0 aromatic heterocycles. The third-order valence-corrected chi connectivity index (χ3v) is 5.66. The summed E-state index contributed by atoms with van der Waals surface area (Å²) in [6.07, 6.45) is 0.794. The summed E-state index contributed by atoms with van der Waals surface area (Å²) in [4.78, 5) is 12.3. The number of amides is 1. The van der Waals surface area contributed by atoms with Gasteiger partial charge in [0.05, 0.1) is 11.7 Å². The van der Waals surface area contributed by atoms with Gasteiger partial charge in [0, 0.05) is 6.54 Å². The van der Waals surface area contributed by atoms with E-state index in [2.05, 4.69) is 16.1 Å². The smallest absolute Gasteiger partial charge is 0.228 e. The molecule has 0 saturated carbocycles. The molecule has 0 saturated heterocycles. The zero-order valence-electron chi connectivity index (χ0n) is 13.5. The van der Waals surface area contributed by atoms with Crippen molar-refractivity contribution < 1.29 is 13.2 Å². The molecule has 2 aromatic carbocycles. The van der Waals surface area contributed by atoms with Gasteiger partial charge in [0.2, 0.25) is 15.9 Å². The maximum absolute atomic E-state index is 12.3. The molecule has 0 fully saturated rings. The van der Waals surface area contributed by atoms with Gasteiger partial charge in [0.1, 0.15) is 0 Å². The fourth-order valence-electron chi connectivity index (χ4n) is 2.85. The van der Waals surface area contributed by atoms with Gasteiger partial charge in [-0.15, -0.1) is 0 Å². The van der Waals surface area contributed by atoms with Gasteiger partial charge in [0.15, 0.2) is 0 Å². The van der Waals surface area contributed by atoms with Crippen molar-refractivity contribution in [3.8, 4) is 0 Å². The predicted octanol–water partition coefficient (Wildman–Crippen LogP) is 1.69. The van der Waals surface area contributed by atoms with Crippen molar-refractivity contribution in [3.63, 3.8) is 0 Å². The van der Waals surface area contributed by atoms with Crippen molar-refractivity contribution in [2.75, 3.05) is 7.05 Å². The molecule has 1 amide bonds. The normalized spacial score (nSPS) is 16.1. The first-order valence-corrected chi connectivity index (χ1v) is 9.48. The second-order valence-electron chi connectivity index (χ2n) is 5.95. The van der Waals surface area contributed by atoms with Crippen LogP contribution in [-0.2, 0) is 33.5 Å². The highest BCUT2D eigenvalue weighted by Gasteiger charge is 2.31. The number of hydrogen-bond donors (Lipinski definition) is 2. The molecule has 0 radical (unpaired) electrons. The molecular formula is C18H20N2O3S. The molecule has 5 nitrogen and oxygen atoms in total. The van der Waals surface area contributed by atoms with Crippen LogP contribution in [0.4, 0.5) is 0 Å². The standard InChI is InChI=1S/C18H20N2O3S/c1-19-24(22,23)12-14-8-6-13(7-9-14)11-20-18(21)17-10-15-4-2-3-5-16(15)17/h2-9,17,19H,10-12H2,1H3,(H,20,21)/t17-/m1/s1. The summed E-state index contributed by atoms with van der Waals surface area (Å²) in [6.45, 7) is 0.441. The van der Waals surface area contributed by atoms with Crippen LogP contribution in [0.1, 0.15) is 28.2 Å². The molecule has 2 aromatic rings. The van der Waals surface area contributed by atoms with Crippen LogP contribution < -0.4 is 10.0 Å². The number of benzene rings is 2. The highest BCUT2D eigenvalue weighted by atomic mass is 32.2. The van der Waals surface area contributed by atoms with E-state index in [0.717, 1.165) is 17.5 Å². The van der Waals surface area contributed by atoms with Crippen LogP contribution in [-0.4, -0.2) is 21.4 Å². The molecule has 6 heteroatoms. The van der Waals surface area contributed by atoms with Gasteiger partial charge < -0.3 is 5.32 Å². The van der Waals surface area contributed by atoms with Gasteiger partial charge in [-0.1, -0.05) is 48.5 Å². The minimum absolute atomic E-state index is 0.0375. The first-order chi connectivity index (χ1) is 11.5. The van der Waals surface area contributed by atoms with Gasteiger partial charge in [-0.05, 0) is 35.7 Å². The van der Waals surface area contributed by atoms with Crippen molar-refractivity contribution in [3.05, 3.63) is 70.8 Å². The molecule has 3 rings (SSSR count). The van der Waals surface area contributed by atoms with Gasteiger partial charge >= 0.3 is 0 Å². The minimum Gasteiger partial charge on any atom is -0.351 e. The SMILES string of the molecule is CNS(=O)(=O)Cc1ccc(CNC(=O)[C@@H]2Cc3ccccc32)cc1. The lowest BCUT2D eigenvalue weighted by Crippen LogP contribution is -2.35. The van der Waals surface area contributed by atoms with Crippen molar-refractivity contribution in [1.82, 2.24) is 10.0 Å². The number of sulfonamides is 1. The van der Waals surface area contributed by atoms with E-state index < -0.39 is 10.0 Å². The van der Waals surface area contributed by atoms with E-state index >= 15 is 0 Å². The Morgan fingerprint density at radius 2 is 1.75 bits per heavy atom. The van der Waals surface area contributed by atoms with Crippen LogP contribution in [0.15, 0.2) is 48.5 Å².